The average Bonchev–Trinajstić information content (AvgIpc) is 2.43. The minimum atomic E-state index is -3.38. The van der Waals surface area contributed by atoms with Crippen molar-refractivity contribution in [3.8, 4) is 0 Å². The zero-order chi connectivity index (χ0) is 15.2. The first-order chi connectivity index (χ1) is 9.39. The zero-order valence-electron chi connectivity index (χ0n) is 12.3. The van der Waals surface area contributed by atoms with E-state index in [-0.39, 0.29) is 12.5 Å². The highest BCUT2D eigenvalue weighted by atomic mass is 32.2. The molecule has 1 heterocycles. The number of hydrogen-bond donors (Lipinski definition) is 1. The fraction of sp³-hybridized carbons (Fsp3) is 0.909. The van der Waals surface area contributed by atoms with E-state index in [0.29, 0.717) is 39.3 Å². The molecule has 1 saturated heterocycles. The molecule has 1 aliphatic rings. The van der Waals surface area contributed by atoms with Crippen molar-refractivity contribution in [1.29, 1.82) is 0 Å². The molecule has 1 amide bonds. The Morgan fingerprint density at radius 2 is 1.85 bits per heavy atom. The molecule has 0 unspecified atom stereocenters. The monoisotopic (exact) mass is 308 g/mol. The Bertz CT molecular complexity index is 405. The van der Waals surface area contributed by atoms with Crippen LogP contribution in [0.1, 0.15) is 0 Å². The lowest BCUT2D eigenvalue weighted by Gasteiger charge is -2.35. The Kier molecular flexibility index (Phi) is 6.83. The Hall–Kier alpha value is -0.740. The van der Waals surface area contributed by atoms with E-state index in [4.69, 9.17) is 4.74 Å². The number of rotatable bonds is 7. The van der Waals surface area contributed by atoms with Gasteiger partial charge in [-0.3, -0.25) is 4.79 Å². The summed E-state index contributed by atoms with van der Waals surface area (Å²) < 4.78 is 31.3. The lowest BCUT2D eigenvalue weighted by atomic mass is 10.3. The van der Waals surface area contributed by atoms with Crippen LogP contribution in [0.4, 0.5) is 0 Å². The van der Waals surface area contributed by atoms with Gasteiger partial charge in [-0.15, -0.1) is 0 Å². The lowest BCUT2D eigenvalue weighted by Crippen LogP contribution is -2.54. The molecule has 0 aliphatic carbocycles. The van der Waals surface area contributed by atoms with Crippen molar-refractivity contribution < 1.29 is 17.9 Å². The summed E-state index contributed by atoms with van der Waals surface area (Å²) in [4.78, 5) is 13.6. The van der Waals surface area contributed by atoms with Crippen molar-refractivity contribution >= 4 is 16.1 Å². The third kappa shape index (κ3) is 4.67. The van der Waals surface area contributed by atoms with Crippen LogP contribution in [0.5, 0.6) is 0 Å². The van der Waals surface area contributed by atoms with E-state index in [9.17, 15) is 13.2 Å². The second kappa shape index (κ2) is 7.89. The number of nitrogens with one attached hydrogen (secondary N) is 1. The van der Waals surface area contributed by atoms with Gasteiger partial charge in [0, 0.05) is 53.9 Å². The summed E-state index contributed by atoms with van der Waals surface area (Å²) >= 11 is 0. The summed E-state index contributed by atoms with van der Waals surface area (Å²) in [6.07, 6.45) is 0. The van der Waals surface area contributed by atoms with Gasteiger partial charge in [0.05, 0.1) is 13.2 Å². The van der Waals surface area contributed by atoms with Gasteiger partial charge in [0.1, 0.15) is 0 Å². The number of carbonyl (C=O) groups is 1. The van der Waals surface area contributed by atoms with Crippen LogP contribution in [-0.2, 0) is 19.7 Å². The normalized spacial score (nSPS) is 17.7. The quantitative estimate of drug-likeness (QED) is 0.560. The standard InChI is InChI=1S/C11H24N4O4S/c1-13(2)20(17,18)15-7-5-14(6-8-15)11(16)10-12-4-9-19-3/h12H,4-10H2,1-3H3. The predicted molar refractivity (Wildman–Crippen MR) is 75.5 cm³/mol. The Morgan fingerprint density at radius 3 is 2.35 bits per heavy atom. The summed E-state index contributed by atoms with van der Waals surface area (Å²) in [5, 5.41) is 2.99. The molecule has 1 aliphatic heterocycles. The van der Waals surface area contributed by atoms with Crippen LogP contribution in [0.15, 0.2) is 0 Å². The third-order valence-electron chi connectivity index (χ3n) is 3.14. The van der Waals surface area contributed by atoms with E-state index in [1.54, 1.807) is 12.0 Å². The van der Waals surface area contributed by atoms with Crippen molar-refractivity contribution in [2.45, 2.75) is 0 Å². The van der Waals surface area contributed by atoms with E-state index < -0.39 is 10.2 Å². The maximum atomic E-state index is 11.9. The SMILES string of the molecule is COCCNCC(=O)N1CCN(S(=O)(=O)N(C)C)CC1. The molecule has 8 nitrogen and oxygen atoms in total. The number of nitrogens with zero attached hydrogens (tertiary/aromatic N) is 3. The molecule has 118 valence electrons. The first-order valence-corrected chi connectivity index (χ1v) is 7.94. The van der Waals surface area contributed by atoms with Crippen LogP contribution in [-0.4, -0.2) is 94.9 Å². The van der Waals surface area contributed by atoms with E-state index >= 15 is 0 Å². The number of ether oxygens (including phenoxy) is 1. The highest BCUT2D eigenvalue weighted by Crippen LogP contribution is 2.09. The largest absolute Gasteiger partial charge is 0.383 e. The molecule has 0 aromatic rings. The van der Waals surface area contributed by atoms with Crippen molar-refractivity contribution in [2.75, 3.05) is 67.1 Å². The minimum absolute atomic E-state index is 0.0111. The first kappa shape index (κ1) is 17.3. The van der Waals surface area contributed by atoms with E-state index in [1.807, 2.05) is 0 Å². The van der Waals surface area contributed by atoms with Crippen LogP contribution < -0.4 is 5.32 Å². The third-order valence-corrected chi connectivity index (χ3v) is 5.08. The molecule has 0 atom stereocenters. The van der Waals surface area contributed by atoms with Crippen LogP contribution in [0.2, 0.25) is 0 Å². The molecule has 0 aromatic heterocycles. The Morgan fingerprint density at radius 1 is 1.25 bits per heavy atom. The van der Waals surface area contributed by atoms with Crippen LogP contribution >= 0.6 is 0 Å². The molecule has 0 bridgehead atoms. The topological polar surface area (TPSA) is 82.2 Å². The van der Waals surface area contributed by atoms with Gasteiger partial charge in [-0.25, -0.2) is 0 Å². The fourth-order valence-electron chi connectivity index (χ4n) is 1.88. The number of amides is 1. The molecule has 20 heavy (non-hydrogen) atoms. The Labute approximate surface area is 120 Å². The summed E-state index contributed by atoms with van der Waals surface area (Å²) in [6, 6.07) is 0. The number of carbonyl (C=O) groups excluding carboxylic acids is 1. The van der Waals surface area contributed by atoms with Gasteiger partial charge in [-0.1, -0.05) is 0 Å². The van der Waals surface area contributed by atoms with Gasteiger partial charge in [-0.05, 0) is 0 Å². The van der Waals surface area contributed by atoms with Gasteiger partial charge in [0.25, 0.3) is 10.2 Å². The molecular formula is C11H24N4O4S. The molecule has 9 heteroatoms. The van der Waals surface area contributed by atoms with Gasteiger partial charge < -0.3 is 15.0 Å². The minimum Gasteiger partial charge on any atom is -0.383 e. The van der Waals surface area contributed by atoms with Crippen LogP contribution in [0.3, 0.4) is 0 Å². The molecule has 0 radical (unpaired) electrons. The lowest BCUT2D eigenvalue weighted by molar-refractivity contribution is -0.131. The number of methoxy groups -OCH3 is 1. The molecule has 0 spiro atoms. The molecule has 0 saturated carbocycles. The van der Waals surface area contributed by atoms with Crippen molar-refractivity contribution in [3.05, 3.63) is 0 Å². The maximum absolute atomic E-state index is 11.9. The summed E-state index contributed by atoms with van der Waals surface area (Å²) in [7, 11) is 1.24. The predicted octanol–water partition coefficient (Wildman–Crippen LogP) is -1.83. The zero-order valence-corrected chi connectivity index (χ0v) is 13.1. The summed E-state index contributed by atoms with van der Waals surface area (Å²) in [5.74, 6) is -0.0111. The van der Waals surface area contributed by atoms with Gasteiger partial charge in [0.15, 0.2) is 0 Å². The smallest absolute Gasteiger partial charge is 0.281 e. The average molecular weight is 308 g/mol. The molecular weight excluding hydrogens is 284 g/mol. The van der Waals surface area contributed by atoms with Crippen LogP contribution in [0, 0.1) is 0 Å². The number of piperazine rings is 1. The summed E-state index contributed by atoms with van der Waals surface area (Å²) in [6.45, 7) is 2.97. The second-order valence-corrected chi connectivity index (χ2v) is 6.88. The van der Waals surface area contributed by atoms with Crippen molar-refractivity contribution in [1.82, 2.24) is 18.8 Å². The fourth-order valence-corrected chi connectivity index (χ4v) is 2.97. The highest BCUT2D eigenvalue weighted by molar-refractivity contribution is 7.86. The molecule has 0 aromatic carbocycles. The van der Waals surface area contributed by atoms with Gasteiger partial charge in [0.2, 0.25) is 5.91 Å². The maximum Gasteiger partial charge on any atom is 0.281 e. The summed E-state index contributed by atoms with van der Waals surface area (Å²) in [5.41, 5.74) is 0. The number of hydrogen-bond acceptors (Lipinski definition) is 5. The molecule has 1 rings (SSSR count). The van der Waals surface area contributed by atoms with Crippen molar-refractivity contribution in [2.24, 2.45) is 0 Å². The van der Waals surface area contributed by atoms with Gasteiger partial charge in [-0.2, -0.15) is 17.0 Å². The van der Waals surface area contributed by atoms with Crippen molar-refractivity contribution in [3.63, 3.8) is 0 Å². The first-order valence-electron chi connectivity index (χ1n) is 6.54. The Balaban J connectivity index is 2.37. The molecule has 1 N–H and O–H groups in total. The van der Waals surface area contributed by atoms with Gasteiger partial charge >= 0.3 is 0 Å². The van der Waals surface area contributed by atoms with Crippen LogP contribution in [0.25, 0.3) is 0 Å². The van der Waals surface area contributed by atoms with E-state index in [0.717, 1.165) is 0 Å². The highest BCUT2D eigenvalue weighted by Gasteiger charge is 2.29. The molecule has 1 fully saturated rings. The van der Waals surface area contributed by atoms with E-state index in [2.05, 4.69) is 5.32 Å². The van der Waals surface area contributed by atoms with E-state index in [1.165, 1.54) is 22.7 Å². The second-order valence-electron chi connectivity index (χ2n) is 4.74.